The number of aryl methyl sites for hydroxylation is 1. The number of hydrogen-bond donors (Lipinski definition) is 1. The molecule has 2 aliphatic carbocycles. The van der Waals surface area contributed by atoms with Gasteiger partial charge in [-0.15, -0.1) is 10.2 Å². The molecule has 10 nitrogen and oxygen atoms in total. The Hall–Kier alpha value is -3.53. The van der Waals surface area contributed by atoms with Gasteiger partial charge in [-0.2, -0.15) is 4.98 Å². The molecular formula is C28H35N9O. The fourth-order valence-corrected chi connectivity index (χ4v) is 6.76. The minimum absolute atomic E-state index is 0.128. The summed E-state index contributed by atoms with van der Waals surface area (Å²) in [6.07, 6.45) is 11.5. The Morgan fingerprint density at radius 3 is 2.24 bits per heavy atom. The predicted molar refractivity (Wildman–Crippen MR) is 148 cm³/mol. The van der Waals surface area contributed by atoms with E-state index in [4.69, 9.17) is 4.98 Å². The summed E-state index contributed by atoms with van der Waals surface area (Å²) in [6, 6.07) is 9.46. The van der Waals surface area contributed by atoms with E-state index in [1.165, 1.54) is 31.4 Å². The number of aromatic nitrogens is 6. The van der Waals surface area contributed by atoms with Gasteiger partial charge in [-0.1, -0.05) is 25.7 Å². The van der Waals surface area contributed by atoms with Crippen molar-refractivity contribution >= 4 is 34.1 Å². The Morgan fingerprint density at radius 1 is 0.842 bits per heavy atom. The lowest BCUT2D eigenvalue weighted by atomic mass is 10.1. The molecule has 3 aromatic heterocycles. The molecule has 0 unspecified atom stereocenters. The molecule has 1 saturated heterocycles. The van der Waals surface area contributed by atoms with E-state index < -0.39 is 0 Å². The van der Waals surface area contributed by atoms with E-state index in [-0.39, 0.29) is 11.6 Å². The number of anilines is 3. The molecule has 198 valence electrons. The second-order valence-corrected chi connectivity index (χ2v) is 11.1. The Bertz CT molecular complexity index is 1510. The zero-order valence-electron chi connectivity index (χ0n) is 22.0. The van der Waals surface area contributed by atoms with E-state index in [1.807, 2.05) is 11.5 Å². The summed E-state index contributed by atoms with van der Waals surface area (Å²) in [6.45, 7) is 6.30. The maximum absolute atomic E-state index is 13.4. The van der Waals surface area contributed by atoms with Gasteiger partial charge in [-0.05, 0) is 56.9 Å². The Morgan fingerprint density at radius 2 is 1.53 bits per heavy atom. The maximum atomic E-state index is 13.4. The fraction of sp³-hybridized carbons (Fsp3) is 0.536. The van der Waals surface area contributed by atoms with Gasteiger partial charge in [-0.3, -0.25) is 18.7 Å². The highest BCUT2D eigenvalue weighted by atomic mass is 16.1. The largest absolute Gasteiger partial charge is 0.369 e. The van der Waals surface area contributed by atoms with Crippen LogP contribution in [0.2, 0.25) is 0 Å². The van der Waals surface area contributed by atoms with Gasteiger partial charge >= 0.3 is 0 Å². The number of rotatable bonds is 5. The minimum atomic E-state index is -0.132. The molecule has 0 atom stereocenters. The van der Waals surface area contributed by atoms with Crippen molar-refractivity contribution in [3.63, 3.8) is 0 Å². The van der Waals surface area contributed by atoms with Crippen LogP contribution in [-0.4, -0.2) is 66.3 Å². The van der Waals surface area contributed by atoms with Gasteiger partial charge < -0.3 is 10.2 Å². The van der Waals surface area contributed by atoms with Crippen LogP contribution in [-0.2, 0) is 0 Å². The zero-order chi connectivity index (χ0) is 25.6. The maximum Gasteiger partial charge on any atom is 0.298 e. The summed E-state index contributed by atoms with van der Waals surface area (Å²) < 4.78 is 3.60. The first-order chi connectivity index (χ1) is 18.7. The van der Waals surface area contributed by atoms with Crippen molar-refractivity contribution in [1.29, 1.82) is 0 Å². The second kappa shape index (κ2) is 9.65. The number of nitrogens with zero attached hydrogens (tertiary/aromatic N) is 8. The predicted octanol–water partition coefficient (Wildman–Crippen LogP) is 4.07. The second-order valence-electron chi connectivity index (χ2n) is 11.1. The van der Waals surface area contributed by atoms with Gasteiger partial charge in [0.05, 0.1) is 6.20 Å². The van der Waals surface area contributed by atoms with Gasteiger partial charge in [-0.25, -0.2) is 4.98 Å². The van der Waals surface area contributed by atoms with Crippen LogP contribution in [0.25, 0.3) is 16.8 Å². The van der Waals surface area contributed by atoms with Gasteiger partial charge in [0.15, 0.2) is 5.65 Å². The third-order valence-corrected chi connectivity index (χ3v) is 8.79. The van der Waals surface area contributed by atoms with Gasteiger partial charge in [0.2, 0.25) is 11.6 Å². The van der Waals surface area contributed by atoms with E-state index in [1.54, 1.807) is 10.6 Å². The van der Waals surface area contributed by atoms with Crippen molar-refractivity contribution in [2.24, 2.45) is 0 Å². The van der Waals surface area contributed by atoms with Crippen LogP contribution in [0, 0.1) is 6.92 Å². The normalized spacial score (nSPS) is 19.8. The van der Waals surface area contributed by atoms with E-state index in [9.17, 15) is 4.79 Å². The van der Waals surface area contributed by atoms with Crippen molar-refractivity contribution in [3.05, 3.63) is 46.6 Å². The summed E-state index contributed by atoms with van der Waals surface area (Å²) in [5, 5.41) is 11.7. The highest BCUT2D eigenvalue weighted by Crippen LogP contribution is 2.31. The van der Waals surface area contributed by atoms with Crippen molar-refractivity contribution in [2.75, 3.05) is 36.4 Å². The summed E-state index contributed by atoms with van der Waals surface area (Å²) in [5.74, 6) is 1.14. The van der Waals surface area contributed by atoms with Gasteiger partial charge in [0.25, 0.3) is 5.56 Å². The lowest BCUT2D eigenvalue weighted by molar-refractivity contribution is 0.187. The monoisotopic (exact) mass is 513 g/mol. The van der Waals surface area contributed by atoms with Crippen LogP contribution >= 0.6 is 0 Å². The lowest BCUT2D eigenvalue weighted by Crippen LogP contribution is -2.49. The van der Waals surface area contributed by atoms with Gasteiger partial charge in [0, 0.05) is 49.6 Å². The van der Waals surface area contributed by atoms with Crippen LogP contribution in [0.5, 0.6) is 0 Å². The average Bonchev–Trinajstić information content (AvgIpc) is 3.73. The number of fused-ring (bicyclic) bond motifs is 3. The molecule has 4 aromatic rings. The van der Waals surface area contributed by atoms with Crippen molar-refractivity contribution < 1.29 is 0 Å². The Balaban J connectivity index is 1.13. The van der Waals surface area contributed by atoms with E-state index in [2.05, 4.69) is 54.6 Å². The zero-order valence-corrected chi connectivity index (χ0v) is 22.0. The first-order valence-electron chi connectivity index (χ1n) is 14.1. The summed E-state index contributed by atoms with van der Waals surface area (Å²) in [5.41, 5.74) is 3.77. The molecular weight excluding hydrogens is 478 g/mol. The summed E-state index contributed by atoms with van der Waals surface area (Å²) in [4.78, 5) is 28.1. The van der Waals surface area contributed by atoms with Crippen LogP contribution in [0.15, 0.2) is 35.3 Å². The summed E-state index contributed by atoms with van der Waals surface area (Å²) >= 11 is 0. The molecule has 0 amide bonds. The standard InChI is InChI=1S/C28H35N9O/c1-19-32-33-26-27(38)37(23-8-4-5-9-23)25-24(36(19)26)18-29-28(31-25)30-20-10-12-22(13-11-20)35-16-14-34(15-17-35)21-6-2-3-7-21/h10-13,18,21,23H,2-9,14-17H2,1H3,(H,29,30,31). The van der Waals surface area contributed by atoms with Gasteiger partial charge in [0.1, 0.15) is 11.3 Å². The van der Waals surface area contributed by atoms with Crippen molar-refractivity contribution in [1.82, 2.24) is 34.0 Å². The molecule has 3 fully saturated rings. The molecule has 0 radical (unpaired) electrons. The van der Waals surface area contributed by atoms with E-state index in [0.29, 0.717) is 23.1 Å². The average molecular weight is 514 g/mol. The third-order valence-electron chi connectivity index (χ3n) is 8.79. The molecule has 2 saturated carbocycles. The number of hydrogen-bond acceptors (Lipinski definition) is 8. The topological polar surface area (TPSA) is 96.5 Å². The van der Waals surface area contributed by atoms with E-state index >= 15 is 0 Å². The summed E-state index contributed by atoms with van der Waals surface area (Å²) in [7, 11) is 0. The quantitative estimate of drug-likeness (QED) is 0.427. The highest BCUT2D eigenvalue weighted by molar-refractivity contribution is 5.75. The third kappa shape index (κ3) is 4.11. The first kappa shape index (κ1) is 23.6. The highest BCUT2D eigenvalue weighted by Gasteiger charge is 2.27. The number of benzene rings is 1. The van der Waals surface area contributed by atoms with Crippen LogP contribution < -0.4 is 15.8 Å². The van der Waals surface area contributed by atoms with Crippen LogP contribution in [0.4, 0.5) is 17.3 Å². The number of nitrogens with one attached hydrogen (secondary N) is 1. The number of piperazine rings is 1. The van der Waals surface area contributed by atoms with Crippen molar-refractivity contribution in [2.45, 2.75) is 70.4 Å². The molecule has 1 aliphatic heterocycles. The first-order valence-corrected chi connectivity index (χ1v) is 14.1. The Labute approximate surface area is 221 Å². The Kier molecular flexibility index (Phi) is 5.99. The molecule has 4 heterocycles. The molecule has 7 rings (SSSR count). The molecule has 0 spiro atoms. The molecule has 0 bridgehead atoms. The molecule has 1 N–H and O–H groups in total. The van der Waals surface area contributed by atoms with E-state index in [0.717, 1.165) is 69.1 Å². The lowest BCUT2D eigenvalue weighted by Gasteiger charge is -2.39. The molecule has 3 aliphatic rings. The van der Waals surface area contributed by atoms with Crippen LogP contribution in [0.3, 0.4) is 0 Å². The SMILES string of the molecule is Cc1nnc2c(=O)n(C3CCCC3)c3nc(Nc4ccc(N5CCN(C6CCCC6)CC5)cc4)ncc3n12. The molecule has 38 heavy (non-hydrogen) atoms. The smallest absolute Gasteiger partial charge is 0.298 e. The molecule has 10 heteroatoms. The minimum Gasteiger partial charge on any atom is -0.369 e. The van der Waals surface area contributed by atoms with Crippen molar-refractivity contribution in [3.8, 4) is 0 Å². The van der Waals surface area contributed by atoms with Crippen LogP contribution in [0.1, 0.15) is 63.2 Å². The molecule has 1 aromatic carbocycles. The fourth-order valence-electron chi connectivity index (χ4n) is 6.76.